The number of aromatic nitrogens is 1. The Hall–Kier alpha value is -3.13. The summed E-state index contributed by atoms with van der Waals surface area (Å²) in [6.45, 7) is 0.452. The van der Waals surface area contributed by atoms with E-state index in [4.69, 9.17) is 4.74 Å². The van der Waals surface area contributed by atoms with Crippen LogP contribution in [0.4, 0.5) is 4.39 Å². The van der Waals surface area contributed by atoms with Gasteiger partial charge in [0.15, 0.2) is 0 Å². The number of nitrogens with zero attached hydrogens (tertiary/aromatic N) is 1. The van der Waals surface area contributed by atoms with Crippen LogP contribution in [0.1, 0.15) is 5.56 Å². The van der Waals surface area contributed by atoms with Crippen LogP contribution in [0, 0.1) is 5.82 Å². The number of halogens is 2. The van der Waals surface area contributed by atoms with Crippen LogP contribution in [0.15, 0.2) is 90.0 Å². The molecule has 8 heteroatoms. The molecule has 0 bridgehead atoms. The van der Waals surface area contributed by atoms with Crippen molar-refractivity contribution in [3.05, 3.63) is 96.4 Å². The maximum Gasteiger partial charge on any atom is 0.268 e. The number of nitrogens with one attached hydrogen (secondary N) is 1. The van der Waals surface area contributed by atoms with Gasteiger partial charge < -0.3 is 10.1 Å². The molecule has 4 rings (SSSR count). The van der Waals surface area contributed by atoms with Gasteiger partial charge in [0, 0.05) is 18.3 Å². The van der Waals surface area contributed by atoms with Crippen LogP contribution in [-0.2, 0) is 16.6 Å². The molecule has 0 aliphatic heterocycles. The van der Waals surface area contributed by atoms with E-state index in [1.54, 1.807) is 56.6 Å². The molecule has 5 nitrogen and oxygen atoms in total. The van der Waals surface area contributed by atoms with Crippen LogP contribution in [0.3, 0.4) is 0 Å². The molecule has 33 heavy (non-hydrogen) atoms. The van der Waals surface area contributed by atoms with E-state index in [0.29, 0.717) is 12.3 Å². The van der Waals surface area contributed by atoms with Gasteiger partial charge in [0.1, 0.15) is 11.6 Å². The van der Waals surface area contributed by atoms with Gasteiger partial charge in [-0.1, -0.05) is 36.4 Å². The maximum atomic E-state index is 14.6. The molecule has 0 atom stereocenters. The van der Waals surface area contributed by atoms with Gasteiger partial charge in [-0.15, -0.1) is 12.4 Å². The summed E-state index contributed by atoms with van der Waals surface area (Å²) in [4.78, 5) is 0.113. The zero-order valence-electron chi connectivity index (χ0n) is 18.2. The topological polar surface area (TPSA) is 60.3 Å². The molecule has 0 saturated heterocycles. The van der Waals surface area contributed by atoms with Crippen LogP contribution in [0.25, 0.3) is 22.4 Å². The van der Waals surface area contributed by atoms with Gasteiger partial charge in [-0.05, 0) is 66.2 Å². The number of hydrogen-bond donors (Lipinski definition) is 1. The minimum atomic E-state index is -3.99. The first-order valence-corrected chi connectivity index (χ1v) is 11.5. The third-order valence-corrected chi connectivity index (χ3v) is 6.84. The van der Waals surface area contributed by atoms with Crippen molar-refractivity contribution in [1.29, 1.82) is 0 Å². The smallest absolute Gasteiger partial charge is 0.268 e. The molecule has 0 aliphatic rings. The average Bonchev–Trinajstić information content (AvgIpc) is 3.24. The molecule has 0 radical (unpaired) electrons. The molecule has 1 N–H and O–H groups in total. The van der Waals surface area contributed by atoms with E-state index in [1.165, 1.54) is 12.3 Å². The van der Waals surface area contributed by atoms with E-state index in [9.17, 15) is 12.8 Å². The number of rotatable bonds is 7. The Kier molecular flexibility index (Phi) is 7.58. The highest BCUT2D eigenvalue weighted by Gasteiger charge is 2.23. The summed E-state index contributed by atoms with van der Waals surface area (Å²) in [5.41, 5.74) is 2.81. The molecule has 0 amide bonds. The summed E-state index contributed by atoms with van der Waals surface area (Å²) in [7, 11) is -0.635. The first kappa shape index (κ1) is 24.5. The quantitative estimate of drug-likeness (QED) is 0.382. The van der Waals surface area contributed by atoms with Crippen molar-refractivity contribution in [2.45, 2.75) is 11.4 Å². The number of benzene rings is 3. The normalized spacial score (nSPS) is 11.1. The second-order valence-corrected chi connectivity index (χ2v) is 9.12. The van der Waals surface area contributed by atoms with Gasteiger partial charge in [0.05, 0.1) is 17.7 Å². The Bertz CT molecular complexity index is 1370. The van der Waals surface area contributed by atoms with Crippen LogP contribution in [-0.4, -0.2) is 26.5 Å². The summed E-state index contributed by atoms with van der Waals surface area (Å²) in [5.74, 6) is 0.197. The molecule has 4 aromatic rings. The van der Waals surface area contributed by atoms with Gasteiger partial charge in [-0.3, -0.25) is 0 Å². The van der Waals surface area contributed by atoms with E-state index in [2.05, 4.69) is 5.32 Å². The first-order chi connectivity index (χ1) is 15.4. The highest BCUT2D eigenvalue weighted by molar-refractivity contribution is 7.90. The van der Waals surface area contributed by atoms with E-state index in [0.717, 1.165) is 20.7 Å². The lowest BCUT2D eigenvalue weighted by Crippen LogP contribution is -2.14. The second-order valence-electron chi connectivity index (χ2n) is 7.30. The van der Waals surface area contributed by atoms with Crippen LogP contribution in [0.5, 0.6) is 5.75 Å². The summed E-state index contributed by atoms with van der Waals surface area (Å²) in [6, 6.07) is 22.0. The van der Waals surface area contributed by atoms with Crippen molar-refractivity contribution < 1.29 is 17.5 Å². The Morgan fingerprint density at radius 1 is 0.939 bits per heavy atom. The standard InChI is InChI=1S/C25H23FN2O3S.ClH/c1-27-16-18-13-25(23-11-3-4-12-24(23)26)28(17-18)32(29,30)22-10-6-8-20(15-22)19-7-5-9-21(14-19)31-2;/h3-15,17,27H,16H2,1-2H3;1H. The zero-order chi connectivity index (χ0) is 22.7. The van der Waals surface area contributed by atoms with Crippen LogP contribution in [0.2, 0.25) is 0 Å². The summed E-state index contributed by atoms with van der Waals surface area (Å²) in [6.07, 6.45) is 1.53. The van der Waals surface area contributed by atoms with Gasteiger partial charge in [0.2, 0.25) is 0 Å². The first-order valence-electron chi connectivity index (χ1n) is 10.0. The Morgan fingerprint density at radius 2 is 1.64 bits per heavy atom. The van der Waals surface area contributed by atoms with E-state index in [-0.39, 0.29) is 28.6 Å². The van der Waals surface area contributed by atoms with Crippen molar-refractivity contribution in [2.24, 2.45) is 0 Å². The van der Waals surface area contributed by atoms with Crippen molar-refractivity contribution in [3.8, 4) is 28.1 Å². The lowest BCUT2D eigenvalue weighted by Gasteiger charge is -2.13. The molecule has 0 spiro atoms. The monoisotopic (exact) mass is 486 g/mol. The lowest BCUT2D eigenvalue weighted by molar-refractivity contribution is 0.415. The fraction of sp³-hybridized carbons (Fsp3) is 0.120. The van der Waals surface area contributed by atoms with E-state index in [1.807, 2.05) is 30.3 Å². The number of ether oxygens (including phenoxy) is 1. The van der Waals surface area contributed by atoms with Gasteiger partial charge in [-0.2, -0.15) is 0 Å². The largest absolute Gasteiger partial charge is 0.497 e. The Balaban J connectivity index is 0.00000306. The zero-order valence-corrected chi connectivity index (χ0v) is 19.8. The Labute approximate surface area is 199 Å². The van der Waals surface area contributed by atoms with Crippen LogP contribution < -0.4 is 10.1 Å². The molecule has 0 saturated carbocycles. The molecule has 0 unspecified atom stereocenters. The summed E-state index contributed by atoms with van der Waals surface area (Å²) < 4.78 is 48.3. The minimum Gasteiger partial charge on any atom is -0.497 e. The molecule has 0 aliphatic carbocycles. The fourth-order valence-electron chi connectivity index (χ4n) is 3.61. The van der Waals surface area contributed by atoms with Crippen molar-refractivity contribution in [3.63, 3.8) is 0 Å². The molecular formula is C25H24ClFN2O3S. The SMILES string of the molecule is CNCc1cc(-c2ccccc2F)n(S(=O)(=O)c2cccc(-c3cccc(OC)c3)c2)c1.Cl. The third-order valence-electron chi connectivity index (χ3n) is 5.17. The van der Waals surface area contributed by atoms with Crippen molar-refractivity contribution >= 4 is 22.4 Å². The summed E-state index contributed by atoms with van der Waals surface area (Å²) >= 11 is 0. The third kappa shape index (κ3) is 4.95. The fourth-order valence-corrected chi connectivity index (χ4v) is 5.05. The predicted octanol–water partition coefficient (Wildman–Crippen LogP) is 5.35. The predicted molar refractivity (Wildman–Crippen MR) is 131 cm³/mol. The van der Waals surface area contributed by atoms with Crippen molar-refractivity contribution in [1.82, 2.24) is 9.29 Å². The molecule has 3 aromatic carbocycles. The molecule has 1 aromatic heterocycles. The molecule has 1 heterocycles. The Morgan fingerprint density at radius 3 is 2.33 bits per heavy atom. The number of methoxy groups -OCH3 is 1. The highest BCUT2D eigenvalue weighted by Crippen LogP contribution is 2.31. The second kappa shape index (κ2) is 10.2. The van der Waals surface area contributed by atoms with E-state index >= 15 is 0 Å². The van der Waals surface area contributed by atoms with Crippen LogP contribution >= 0.6 is 12.4 Å². The highest BCUT2D eigenvalue weighted by atomic mass is 35.5. The summed E-state index contributed by atoms with van der Waals surface area (Å²) in [5, 5.41) is 3.01. The number of hydrogen-bond acceptors (Lipinski definition) is 4. The van der Waals surface area contributed by atoms with E-state index < -0.39 is 15.8 Å². The minimum absolute atomic E-state index is 0. The maximum absolute atomic E-state index is 14.6. The van der Waals surface area contributed by atoms with Crippen molar-refractivity contribution in [2.75, 3.05) is 14.2 Å². The van der Waals surface area contributed by atoms with Gasteiger partial charge in [0.25, 0.3) is 10.0 Å². The van der Waals surface area contributed by atoms with Gasteiger partial charge in [-0.25, -0.2) is 16.8 Å². The molecular weight excluding hydrogens is 463 g/mol. The lowest BCUT2D eigenvalue weighted by atomic mass is 10.1. The van der Waals surface area contributed by atoms with Gasteiger partial charge >= 0.3 is 0 Å². The molecule has 172 valence electrons. The molecule has 0 fully saturated rings. The average molecular weight is 487 g/mol.